The van der Waals surface area contributed by atoms with Gasteiger partial charge in [0.1, 0.15) is 0 Å². The minimum Gasteiger partial charge on any atom is -0.487 e. The van der Waals surface area contributed by atoms with Crippen molar-refractivity contribution in [3.8, 4) is 5.75 Å². The molecule has 2 aromatic carbocycles. The Balaban J connectivity index is 2.29. The van der Waals surface area contributed by atoms with E-state index in [0.717, 1.165) is 5.56 Å². The highest BCUT2D eigenvalue weighted by Gasteiger charge is 2.22. The van der Waals surface area contributed by atoms with E-state index < -0.39 is 4.92 Å². The van der Waals surface area contributed by atoms with Gasteiger partial charge in [-0.2, -0.15) is 0 Å². The first-order valence-corrected chi connectivity index (χ1v) is 7.92. The van der Waals surface area contributed by atoms with E-state index in [1.54, 1.807) is 6.92 Å². The Labute approximate surface area is 145 Å². The first kappa shape index (κ1) is 18.4. The Bertz CT molecular complexity index is 734. The van der Waals surface area contributed by atoms with E-state index in [-0.39, 0.29) is 36.1 Å². The maximum atomic E-state index is 12.7. The molecule has 7 nitrogen and oxygen atoms in total. The summed E-state index contributed by atoms with van der Waals surface area (Å²) in [4.78, 5) is 24.8. The molecule has 0 radical (unpaired) electrons. The van der Waals surface area contributed by atoms with Crippen LogP contribution in [0.2, 0.25) is 0 Å². The van der Waals surface area contributed by atoms with Crippen molar-refractivity contribution in [1.82, 2.24) is 4.90 Å². The highest BCUT2D eigenvalue weighted by molar-refractivity contribution is 5.95. The van der Waals surface area contributed by atoms with Gasteiger partial charge in [0.2, 0.25) is 0 Å². The van der Waals surface area contributed by atoms with E-state index in [1.165, 1.54) is 23.1 Å². The van der Waals surface area contributed by atoms with Gasteiger partial charge in [0, 0.05) is 24.7 Å². The summed E-state index contributed by atoms with van der Waals surface area (Å²) >= 11 is 0. The molecule has 1 amide bonds. The van der Waals surface area contributed by atoms with Crippen LogP contribution in [0, 0.1) is 10.1 Å². The van der Waals surface area contributed by atoms with Crippen LogP contribution in [0.25, 0.3) is 0 Å². The molecule has 0 saturated heterocycles. The summed E-state index contributed by atoms with van der Waals surface area (Å²) in [5.74, 6) is -0.259. The van der Waals surface area contributed by atoms with Gasteiger partial charge < -0.3 is 14.7 Å². The molecule has 132 valence electrons. The van der Waals surface area contributed by atoms with Crippen LogP contribution in [0.3, 0.4) is 0 Å². The number of hydrogen-bond donors (Lipinski definition) is 1. The second kappa shape index (κ2) is 8.79. The van der Waals surface area contributed by atoms with Crippen molar-refractivity contribution in [2.24, 2.45) is 0 Å². The summed E-state index contributed by atoms with van der Waals surface area (Å²) in [6, 6.07) is 13.5. The Kier molecular flexibility index (Phi) is 6.47. The van der Waals surface area contributed by atoms with E-state index in [9.17, 15) is 20.0 Å². The lowest BCUT2D eigenvalue weighted by molar-refractivity contribution is -0.385. The van der Waals surface area contributed by atoms with Gasteiger partial charge in [-0.05, 0) is 24.6 Å². The summed E-state index contributed by atoms with van der Waals surface area (Å²) in [5.41, 5.74) is 0.834. The van der Waals surface area contributed by atoms with E-state index in [0.29, 0.717) is 13.2 Å². The van der Waals surface area contributed by atoms with Gasteiger partial charge in [-0.1, -0.05) is 30.3 Å². The van der Waals surface area contributed by atoms with Crippen molar-refractivity contribution in [1.29, 1.82) is 0 Å². The molecule has 0 atom stereocenters. The fourth-order valence-electron chi connectivity index (χ4n) is 2.43. The number of aliphatic hydroxyl groups excluding tert-OH is 1. The minimum absolute atomic E-state index is 0.126. The molecule has 0 saturated carbocycles. The number of nitrogens with zero attached hydrogens (tertiary/aromatic N) is 2. The van der Waals surface area contributed by atoms with Gasteiger partial charge in [-0.15, -0.1) is 0 Å². The number of aliphatic hydroxyl groups is 1. The van der Waals surface area contributed by atoms with Crippen molar-refractivity contribution in [2.75, 3.05) is 19.8 Å². The topological polar surface area (TPSA) is 92.9 Å². The minimum atomic E-state index is -0.574. The molecule has 0 aromatic heterocycles. The van der Waals surface area contributed by atoms with Gasteiger partial charge in [-0.3, -0.25) is 14.9 Å². The molecular formula is C18H20N2O5. The van der Waals surface area contributed by atoms with Crippen LogP contribution in [0.15, 0.2) is 48.5 Å². The second-order valence-electron chi connectivity index (χ2n) is 5.31. The van der Waals surface area contributed by atoms with Crippen molar-refractivity contribution in [3.63, 3.8) is 0 Å². The first-order valence-electron chi connectivity index (χ1n) is 7.92. The van der Waals surface area contributed by atoms with Crippen molar-refractivity contribution in [2.45, 2.75) is 13.5 Å². The zero-order valence-electron chi connectivity index (χ0n) is 13.9. The largest absolute Gasteiger partial charge is 0.487 e. The van der Waals surface area contributed by atoms with Gasteiger partial charge >= 0.3 is 5.69 Å². The fraction of sp³-hybridized carbons (Fsp3) is 0.278. The average Bonchev–Trinajstić information content (AvgIpc) is 2.62. The molecule has 0 unspecified atom stereocenters. The van der Waals surface area contributed by atoms with Crippen LogP contribution in [-0.2, 0) is 6.54 Å². The van der Waals surface area contributed by atoms with Crippen molar-refractivity contribution in [3.05, 3.63) is 69.8 Å². The molecule has 7 heteroatoms. The molecule has 2 rings (SSSR count). The van der Waals surface area contributed by atoms with Crippen LogP contribution >= 0.6 is 0 Å². The summed E-state index contributed by atoms with van der Waals surface area (Å²) < 4.78 is 5.23. The van der Waals surface area contributed by atoms with Crippen molar-refractivity contribution >= 4 is 11.6 Å². The molecule has 0 heterocycles. The molecule has 0 fully saturated rings. The Morgan fingerprint density at radius 3 is 2.56 bits per heavy atom. The maximum absolute atomic E-state index is 12.7. The normalized spacial score (nSPS) is 10.3. The predicted octanol–water partition coefficient (Wildman–Crippen LogP) is 2.63. The molecule has 0 aliphatic heterocycles. The van der Waals surface area contributed by atoms with E-state index in [2.05, 4.69) is 0 Å². The Morgan fingerprint density at radius 1 is 1.24 bits per heavy atom. The number of carbonyl (C=O) groups is 1. The lowest BCUT2D eigenvalue weighted by atomic mass is 10.1. The van der Waals surface area contributed by atoms with Gasteiger partial charge in [0.25, 0.3) is 5.91 Å². The Hall–Kier alpha value is -2.93. The quantitative estimate of drug-likeness (QED) is 0.587. The van der Waals surface area contributed by atoms with Gasteiger partial charge in [0.05, 0.1) is 18.1 Å². The molecule has 0 bridgehead atoms. The van der Waals surface area contributed by atoms with E-state index in [1.807, 2.05) is 30.3 Å². The van der Waals surface area contributed by atoms with Crippen LogP contribution in [0.1, 0.15) is 22.8 Å². The van der Waals surface area contributed by atoms with Crippen LogP contribution in [0.5, 0.6) is 5.75 Å². The Morgan fingerprint density at radius 2 is 1.96 bits per heavy atom. The predicted molar refractivity (Wildman–Crippen MR) is 92.5 cm³/mol. The molecule has 2 aromatic rings. The zero-order chi connectivity index (χ0) is 18.2. The summed E-state index contributed by atoms with van der Waals surface area (Å²) in [6.45, 7) is 2.26. The highest BCUT2D eigenvalue weighted by atomic mass is 16.6. The number of carbonyl (C=O) groups excluding carboxylic acids is 1. The van der Waals surface area contributed by atoms with Gasteiger partial charge in [0.15, 0.2) is 5.75 Å². The molecule has 0 aliphatic carbocycles. The third kappa shape index (κ3) is 4.77. The van der Waals surface area contributed by atoms with Gasteiger partial charge in [-0.25, -0.2) is 0 Å². The van der Waals surface area contributed by atoms with Crippen LogP contribution in [0.4, 0.5) is 5.69 Å². The molecular weight excluding hydrogens is 324 g/mol. The SMILES string of the molecule is CCOc1ccc(C(=O)N(CCO)Cc2ccccc2)cc1[N+](=O)[O-]. The number of hydrogen-bond acceptors (Lipinski definition) is 5. The number of nitro groups is 1. The number of benzene rings is 2. The highest BCUT2D eigenvalue weighted by Crippen LogP contribution is 2.28. The lowest BCUT2D eigenvalue weighted by Gasteiger charge is -2.22. The summed E-state index contributed by atoms with van der Waals surface area (Å²) in [7, 11) is 0. The number of nitro benzene ring substituents is 1. The lowest BCUT2D eigenvalue weighted by Crippen LogP contribution is -2.33. The smallest absolute Gasteiger partial charge is 0.311 e. The number of ether oxygens (including phenoxy) is 1. The monoisotopic (exact) mass is 344 g/mol. The van der Waals surface area contributed by atoms with Crippen LogP contribution in [-0.4, -0.2) is 40.6 Å². The first-order chi connectivity index (χ1) is 12.1. The number of rotatable bonds is 8. The average molecular weight is 344 g/mol. The fourth-order valence-corrected chi connectivity index (χ4v) is 2.43. The molecule has 0 spiro atoms. The molecule has 1 N–H and O–H groups in total. The summed E-state index contributed by atoms with van der Waals surface area (Å²) in [6.07, 6.45) is 0. The second-order valence-corrected chi connectivity index (χ2v) is 5.31. The zero-order valence-corrected chi connectivity index (χ0v) is 13.9. The molecule has 25 heavy (non-hydrogen) atoms. The van der Waals surface area contributed by atoms with E-state index in [4.69, 9.17) is 4.74 Å². The standard InChI is InChI=1S/C18H20N2O5/c1-2-25-17-9-8-15(12-16(17)20(23)24)18(22)19(10-11-21)13-14-6-4-3-5-7-14/h3-9,12,21H,2,10-11,13H2,1H3. The summed E-state index contributed by atoms with van der Waals surface area (Å²) in [5, 5.41) is 20.5. The van der Waals surface area contributed by atoms with E-state index >= 15 is 0 Å². The van der Waals surface area contributed by atoms with Crippen molar-refractivity contribution < 1.29 is 19.6 Å². The maximum Gasteiger partial charge on any atom is 0.311 e. The van der Waals surface area contributed by atoms with Crippen LogP contribution < -0.4 is 4.74 Å². The third-order valence-electron chi connectivity index (χ3n) is 3.58. The third-order valence-corrected chi connectivity index (χ3v) is 3.58. The number of amides is 1. The molecule has 0 aliphatic rings.